The molecule has 0 saturated carbocycles. The zero-order valence-electron chi connectivity index (χ0n) is 13.5. The lowest BCUT2D eigenvalue weighted by Gasteiger charge is -2.29. The molecule has 0 aliphatic heterocycles. The summed E-state index contributed by atoms with van der Waals surface area (Å²) >= 11 is 0. The summed E-state index contributed by atoms with van der Waals surface area (Å²) in [6.07, 6.45) is 2.86. The molecule has 0 aromatic heterocycles. The predicted octanol–water partition coefficient (Wildman–Crippen LogP) is 3.82. The van der Waals surface area contributed by atoms with Crippen molar-refractivity contribution in [1.82, 2.24) is 0 Å². The highest BCUT2D eigenvalue weighted by molar-refractivity contribution is 6.22. The van der Waals surface area contributed by atoms with Crippen molar-refractivity contribution in [2.24, 2.45) is 10.4 Å². The van der Waals surface area contributed by atoms with Crippen molar-refractivity contribution in [2.75, 3.05) is 0 Å². The maximum Gasteiger partial charge on any atom is 0.168 e. The quantitative estimate of drug-likeness (QED) is 0.844. The SMILES string of the molecule is CC(=NC1Cc2ccccc2C1)C1=C(O)CC(C)(C)CC1=O. The molecule has 2 aliphatic carbocycles. The Morgan fingerprint density at radius 2 is 1.77 bits per heavy atom. The fraction of sp³-hybridized carbons (Fsp3) is 0.474. The standard InChI is InChI=1S/C19H23NO2/c1-12(18-16(21)10-19(2,3)11-17(18)22)20-15-8-13-6-4-5-7-14(13)9-15/h4-7,15,21H,8-11H2,1-3H3. The van der Waals surface area contributed by atoms with Gasteiger partial charge in [-0.25, -0.2) is 0 Å². The van der Waals surface area contributed by atoms with E-state index >= 15 is 0 Å². The lowest BCUT2D eigenvalue weighted by atomic mass is 9.76. The van der Waals surface area contributed by atoms with Crippen LogP contribution in [0.2, 0.25) is 0 Å². The van der Waals surface area contributed by atoms with Crippen molar-refractivity contribution in [2.45, 2.75) is 52.5 Å². The molecule has 0 fully saturated rings. The van der Waals surface area contributed by atoms with E-state index in [9.17, 15) is 9.90 Å². The van der Waals surface area contributed by atoms with E-state index in [2.05, 4.69) is 24.3 Å². The van der Waals surface area contributed by atoms with Gasteiger partial charge in [0.25, 0.3) is 0 Å². The second kappa shape index (κ2) is 5.38. The van der Waals surface area contributed by atoms with Gasteiger partial charge in [-0.1, -0.05) is 38.1 Å². The molecule has 1 N–H and O–H groups in total. The molecule has 3 rings (SSSR count). The number of nitrogens with zero attached hydrogens (tertiary/aromatic N) is 1. The summed E-state index contributed by atoms with van der Waals surface area (Å²) in [6, 6.07) is 8.58. The number of hydrogen-bond donors (Lipinski definition) is 1. The number of Topliss-reactive ketones (excluding diaryl/α,β-unsaturated/α-hetero) is 1. The van der Waals surface area contributed by atoms with Gasteiger partial charge in [-0.05, 0) is 36.3 Å². The number of aliphatic hydroxyl groups excluding tert-OH is 1. The first-order valence-corrected chi connectivity index (χ1v) is 7.92. The van der Waals surface area contributed by atoms with Gasteiger partial charge in [-0.3, -0.25) is 9.79 Å². The summed E-state index contributed by atoms with van der Waals surface area (Å²) in [5, 5.41) is 10.3. The second-order valence-electron chi connectivity index (χ2n) is 7.31. The van der Waals surface area contributed by atoms with E-state index in [-0.39, 0.29) is 23.0 Å². The topological polar surface area (TPSA) is 49.7 Å². The number of aliphatic hydroxyl groups is 1. The highest BCUT2D eigenvalue weighted by atomic mass is 16.3. The number of carbonyl (C=O) groups excluding carboxylic acids is 1. The van der Waals surface area contributed by atoms with E-state index in [4.69, 9.17) is 4.99 Å². The molecule has 0 radical (unpaired) electrons. The van der Waals surface area contributed by atoms with E-state index in [1.165, 1.54) is 11.1 Å². The third-order valence-electron chi connectivity index (χ3n) is 4.62. The van der Waals surface area contributed by atoms with Gasteiger partial charge < -0.3 is 5.11 Å². The summed E-state index contributed by atoms with van der Waals surface area (Å²) in [7, 11) is 0. The Morgan fingerprint density at radius 3 is 2.32 bits per heavy atom. The van der Waals surface area contributed by atoms with Crippen LogP contribution < -0.4 is 0 Å². The van der Waals surface area contributed by atoms with Crippen molar-refractivity contribution in [3.8, 4) is 0 Å². The maximum absolute atomic E-state index is 12.4. The van der Waals surface area contributed by atoms with E-state index in [0.717, 1.165) is 12.8 Å². The van der Waals surface area contributed by atoms with Crippen LogP contribution in [0.25, 0.3) is 0 Å². The normalized spacial score (nSPS) is 22.1. The monoisotopic (exact) mass is 297 g/mol. The molecule has 0 saturated heterocycles. The van der Waals surface area contributed by atoms with Crippen molar-refractivity contribution in [1.29, 1.82) is 0 Å². The molecule has 0 unspecified atom stereocenters. The molecule has 0 heterocycles. The molecule has 0 bridgehead atoms. The predicted molar refractivity (Wildman–Crippen MR) is 88.4 cm³/mol. The van der Waals surface area contributed by atoms with Crippen LogP contribution in [-0.4, -0.2) is 22.6 Å². The number of rotatable bonds is 2. The van der Waals surface area contributed by atoms with E-state index in [1.54, 1.807) is 0 Å². The van der Waals surface area contributed by atoms with Crippen LogP contribution in [0.15, 0.2) is 40.6 Å². The van der Waals surface area contributed by atoms with Gasteiger partial charge in [0.15, 0.2) is 5.78 Å². The largest absolute Gasteiger partial charge is 0.511 e. The van der Waals surface area contributed by atoms with Crippen LogP contribution in [0.3, 0.4) is 0 Å². The molecule has 0 atom stereocenters. The van der Waals surface area contributed by atoms with Gasteiger partial charge in [0.1, 0.15) is 5.76 Å². The third-order valence-corrected chi connectivity index (χ3v) is 4.62. The van der Waals surface area contributed by atoms with Crippen molar-refractivity contribution < 1.29 is 9.90 Å². The molecule has 0 amide bonds. The fourth-order valence-electron chi connectivity index (χ4n) is 3.66. The maximum atomic E-state index is 12.4. The van der Waals surface area contributed by atoms with Crippen molar-refractivity contribution in [3.63, 3.8) is 0 Å². The van der Waals surface area contributed by atoms with Crippen molar-refractivity contribution in [3.05, 3.63) is 46.7 Å². The van der Waals surface area contributed by atoms with Crippen LogP contribution in [0, 0.1) is 5.41 Å². The smallest absolute Gasteiger partial charge is 0.168 e. The van der Waals surface area contributed by atoms with Crippen LogP contribution in [0.4, 0.5) is 0 Å². The summed E-state index contributed by atoms with van der Waals surface area (Å²) in [4.78, 5) is 17.1. The molecule has 0 spiro atoms. The molecule has 3 heteroatoms. The number of carbonyl (C=O) groups is 1. The average Bonchev–Trinajstić information content (AvgIpc) is 2.77. The molecule has 22 heavy (non-hydrogen) atoms. The van der Waals surface area contributed by atoms with Gasteiger partial charge >= 0.3 is 0 Å². The second-order valence-corrected chi connectivity index (χ2v) is 7.31. The number of aliphatic imine (C=N–C) groups is 1. The fourth-order valence-corrected chi connectivity index (χ4v) is 3.66. The van der Waals surface area contributed by atoms with Gasteiger partial charge in [-0.15, -0.1) is 0 Å². The Bertz CT molecular complexity index is 657. The Labute approximate surface area is 131 Å². The summed E-state index contributed by atoms with van der Waals surface area (Å²) in [5.41, 5.74) is 3.68. The van der Waals surface area contributed by atoms with Crippen molar-refractivity contribution >= 4 is 11.5 Å². The lowest BCUT2D eigenvalue weighted by molar-refractivity contribution is -0.117. The zero-order valence-corrected chi connectivity index (χ0v) is 13.5. The summed E-state index contributed by atoms with van der Waals surface area (Å²) < 4.78 is 0. The number of fused-ring (bicyclic) bond motifs is 1. The highest BCUT2D eigenvalue weighted by Gasteiger charge is 2.34. The first-order chi connectivity index (χ1) is 10.4. The summed E-state index contributed by atoms with van der Waals surface area (Å²) in [6.45, 7) is 5.88. The first kappa shape index (κ1) is 15.0. The average molecular weight is 297 g/mol. The number of ketones is 1. The minimum Gasteiger partial charge on any atom is -0.511 e. The molecule has 1 aromatic carbocycles. The van der Waals surface area contributed by atoms with E-state index in [0.29, 0.717) is 24.1 Å². The molecular formula is C19H23NO2. The van der Waals surface area contributed by atoms with Crippen LogP contribution in [0.5, 0.6) is 0 Å². The first-order valence-electron chi connectivity index (χ1n) is 7.92. The Hall–Kier alpha value is -1.90. The minimum absolute atomic E-state index is 0.0190. The highest BCUT2D eigenvalue weighted by Crippen LogP contribution is 2.36. The van der Waals surface area contributed by atoms with E-state index < -0.39 is 0 Å². The van der Waals surface area contributed by atoms with Crippen LogP contribution in [0.1, 0.15) is 44.7 Å². The third kappa shape index (κ3) is 2.85. The number of hydrogen-bond acceptors (Lipinski definition) is 3. The zero-order chi connectivity index (χ0) is 15.9. The van der Waals surface area contributed by atoms with Crippen LogP contribution in [-0.2, 0) is 17.6 Å². The Balaban J connectivity index is 1.83. The molecule has 3 nitrogen and oxygen atoms in total. The van der Waals surface area contributed by atoms with Gasteiger partial charge in [0, 0.05) is 18.6 Å². The minimum atomic E-state index is -0.158. The van der Waals surface area contributed by atoms with Crippen LogP contribution >= 0.6 is 0 Å². The lowest BCUT2D eigenvalue weighted by Crippen LogP contribution is -2.29. The molecule has 1 aromatic rings. The molecular weight excluding hydrogens is 274 g/mol. The van der Waals surface area contributed by atoms with Gasteiger partial charge in [0.2, 0.25) is 0 Å². The van der Waals surface area contributed by atoms with E-state index in [1.807, 2.05) is 20.8 Å². The molecule has 2 aliphatic rings. The van der Waals surface area contributed by atoms with Gasteiger partial charge in [-0.2, -0.15) is 0 Å². The number of allylic oxidation sites excluding steroid dienone is 2. The van der Waals surface area contributed by atoms with Gasteiger partial charge in [0.05, 0.1) is 11.6 Å². The molecule has 116 valence electrons. The Morgan fingerprint density at radius 1 is 1.18 bits per heavy atom. The Kier molecular flexibility index (Phi) is 3.67. The number of benzene rings is 1. The summed E-state index contributed by atoms with van der Waals surface area (Å²) in [5.74, 6) is 0.225.